The van der Waals surface area contributed by atoms with E-state index in [1.54, 1.807) is 6.07 Å². The molecule has 6 heteroatoms. The van der Waals surface area contributed by atoms with Crippen LogP contribution in [0.2, 0.25) is 0 Å². The fourth-order valence-corrected chi connectivity index (χ4v) is 2.60. The zero-order valence-corrected chi connectivity index (χ0v) is 11.9. The van der Waals surface area contributed by atoms with E-state index in [4.69, 9.17) is 0 Å². The van der Waals surface area contributed by atoms with Crippen molar-refractivity contribution in [2.24, 2.45) is 0 Å². The first-order valence-electron chi connectivity index (χ1n) is 6.90. The number of fused-ring (bicyclic) bond motifs is 1. The number of H-pyrrole nitrogens is 1. The number of hydrogen-bond acceptors (Lipinski definition) is 4. The molecule has 1 aromatic heterocycles. The predicted octanol–water partition coefficient (Wildman–Crippen LogP) is 1.36. The van der Waals surface area contributed by atoms with Gasteiger partial charge in [-0.3, -0.25) is 4.90 Å². The molecule has 3 rings (SSSR count). The van der Waals surface area contributed by atoms with Gasteiger partial charge in [0, 0.05) is 32.2 Å². The van der Waals surface area contributed by atoms with E-state index in [-0.39, 0.29) is 5.82 Å². The Hall–Kier alpha value is -1.66. The van der Waals surface area contributed by atoms with Crippen molar-refractivity contribution in [3.8, 4) is 0 Å². The molecule has 1 atom stereocenters. The molecule has 1 aliphatic rings. The predicted molar refractivity (Wildman–Crippen MR) is 78.5 cm³/mol. The maximum Gasteiger partial charge on any atom is 0.201 e. The molecule has 2 heterocycles. The van der Waals surface area contributed by atoms with Gasteiger partial charge in [-0.2, -0.15) is 0 Å². The molecule has 0 bridgehead atoms. The number of aromatic nitrogens is 2. The van der Waals surface area contributed by atoms with Crippen LogP contribution in [0.15, 0.2) is 18.2 Å². The molecule has 108 valence electrons. The Morgan fingerprint density at radius 3 is 3.10 bits per heavy atom. The summed E-state index contributed by atoms with van der Waals surface area (Å²) in [6.45, 7) is 4.05. The maximum atomic E-state index is 13.1. The van der Waals surface area contributed by atoms with Crippen LogP contribution in [0, 0.1) is 5.82 Å². The van der Waals surface area contributed by atoms with Crippen molar-refractivity contribution in [1.82, 2.24) is 19.8 Å². The van der Waals surface area contributed by atoms with Gasteiger partial charge in [0.25, 0.3) is 0 Å². The number of imidazole rings is 1. The first-order chi connectivity index (χ1) is 9.61. The fourth-order valence-electron chi connectivity index (χ4n) is 2.60. The molecular weight excluding hydrogens is 257 g/mol. The summed E-state index contributed by atoms with van der Waals surface area (Å²) in [5.74, 6) is 0.452. The summed E-state index contributed by atoms with van der Waals surface area (Å²) in [6, 6.07) is 5.04. The Bertz CT molecular complexity index is 596. The standard InChI is InChI=1S/C14H20FN5/c1-19-5-6-20(2)11(9-19)8-16-14-17-12-4-3-10(15)7-13(12)18-14/h3-4,7,11H,5-6,8-9H2,1-2H3,(H2,16,17,18). The first kappa shape index (κ1) is 13.3. The molecule has 0 saturated carbocycles. The van der Waals surface area contributed by atoms with Crippen LogP contribution in [-0.4, -0.2) is 66.1 Å². The van der Waals surface area contributed by atoms with Crippen molar-refractivity contribution >= 4 is 17.0 Å². The number of aromatic amines is 1. The van der Waals surface area contributed by atoms with Crippen molar-refractivity contribution < 1.29 is 4.39 Å². The van der Waals surface area contributed by atoms with Crippen LogP contribution in [0.1, 0.15) is 0 Å². The molecule has 1 saturated heterocycles. The van der Waals surface area contributed by atoms with Crippen LogP contribution in [-0.2, 0) is 0 Å². The zero-order chi connectivity index (χ0) is 14.1. The highest BCUT2D eigenvalue weighted by molar-refractivity contribution is 5.77. The topological polar surface area (TPSA) is 47.2 Å². The van der Waals surface area contributed by atoms with E-state index in [1.165, 1.54) is 12.1 Å². The van der Waals surface area contributed by atoms with E-state index in [2.05, 4.69) is 39.2 Å². The molecule has 0 aliphatic carbocycles. The number of nitrogens with zero attached hydrogens (tertiary/aromatic N) is 3. The largest absolute Gasteiger partial charge is 0.354 e. The Morgan fingerprint density at radius 2 is 2.25 bits per heavy atom. The summed E-state index contributed by atoms with van der Waals surface area (Å²) in [4.78, 5) is 12.2. The van der Waals surface area contributed by atoms with Gasteiger partial charge in [-0.05, 0) is 32.3 Å². The summed E-state index contributed by atoms with van der Waals surface area (Å²) in [7, 11) is 4.29. The summed E-state index contributed by atoms with van der Waals surface area (Å²) in [6.07, 6.45) is 0. The molecule has 5 nitrogen and oxygen atoms in total. The van der Waals surface area contributed by atoms with Gasteiger partial charge in [-0.1, -0.05) is 0 Å². The van der Waals surface area contributed by atoms with Crippen LogP contribution in [0.3, 0.4) is 0 Å². The lowest BCUT2D eigenvalue weighted by atomic mass is 10.2. The minimum Gasteiger partial charge on any atom is -0.354 e. The maximum absolute atomic E-state index is 13.1. The Kier molecular flexibility index (Phi) is 3.58. The van der Waals surface area contributed by atoms with Crippen LogP contribution < -0.4 is 5.32 Å². The number of nitrogens with one attached hydrogen (secondary N) is 2. The number of halogens is 1. The lowest BCUT2D eigenvalue weighted by Crippen LogP contribution is -2.52. The molecule has 0 radical (unpaired) electrons. The van der Waals surface area contributed by atoms with Crippen molar-refractivity contribution in [1.29, 1.82) is 0 Å². The normalized spacial score (nSPS) is 21.4. The molecule has 1 aliphatic heterocycles. The number of benzene rings is 1. The third-order valence-corrected chi connectivity index (χ3v) is 3.93. The quantitative estimate of drug-likeness (QED) is 0.889. The first-order valence-corrected chi connectivity index (χ1v) is 6.90. The number of anilines is 1. The van der Waals surface area contributed by atoms with Crippen molar-refractivity contribution in [3.05, 3.63) is 24.0 Å². The van der Waals surface area contributed by atoms with Gasteiger partial charge >= 0.3 is 0 Å². The second-order valence-corrected chi connectivity index (χ2v) is 5.52. The highest BCUT2D eigenvalue weighted by Gasteiger charge is 2.21. The summed E-state index contributed by atoms with van der Waals surface area (Å²) < 4.78 is 13.1. The lowest BCUT2D eigenvalue weighted by Gasteiger charge is -2.37. The van der Waals surface area contributed by atoms with E-state index in [0.717, 1.165) is 37.2 Å². The van der Waals surface area contributed by atoms with Gasteiger partial charge < -0.3 is 15.2 Å². The monoisotopic (exact) mass is 277 g/mol. The van der Waals surface area contributed by atoms with Crippen molar-refractivity contribution in [3.63, 3.8) is 0 Å². The van der Waals surface area contributed by atoms with Gasteiger partial charge in [0.05, 0.1) is 11.0 Å². The molecule has 20 heavy (non-hydrogen) atoms. The third-order valence-electron chi connectivity index (χ3n) is 3.93. The number of likely N-dealkylation sites (N-methyl/N-ethyl adjacent to an activating group) is 2. The fraction of sp³-hybridized carbons (Fsp3) is 0.500. The van der Waals surface area contributed by atoms with E-state index in [0.29, 0.717) is 12.0 Å². The molecule has 1 aromatic carbocycles. The van der Waals surface area contributed by atoms with E-state index < -0.39 is 0 Å². The second kappa shape index (κ2) is 5.38. The van der Waals surface area contributed by atoms with Gasteiger partial charge in [0.15, 0.2) is 0 Å². The molecule has 1 unspecified atom stereocenters. The average molecular weight is 277 g/mol. The second-order valence-electron chi connectivity index (χ2n) is 5.52. The number of hydrogen-bond donors (Lipinski definition) is 2. The van der Waals surface area contributed by atoms with E-state index in [9.17, 15) is 4.39 Å². The minimum absolute atomic E-state index is 0.249. The summed E-state index contributed by atoms with van der Waals surface area (Å²) >= 11 is 0. The van der Waals surface area contributed by atoms with Gasteiger partial charge in [0.2, 0.25) is 5.95 Å². The van der Waals surface area contributed by atoms with Crippen molar-refractivity contribution in [2.45, 2.75) is 6.04 Å². The Morgan fingerprint density at radius 1 is 1.40 bits per heavy atom. The minimum atomic E-state index is -0.249. The van der Waals surface area contributed by atoms with Gasteiger partial charge in [-0.15, -0.1) is 0 Å². The van der Waals surface area contributed by atoms with Crippen LogP contribution in [0.4, 0.5) is 10.3 Å². The molecule has 0 amide bonds. The van der Waals surface area contributed by atoms with Crippen LogP contribution in [0.5, 0.6) is 0 Å². The highest BCUT2D eigenvalue weighted by Crippen LogP contribution is 2.16. The average Bonchev–Trinajstić information content (AvgIpc) is 2.81. The number of piperazine rings is 1. The number of rotatable bonds is 3. The molecular formula is C14H20FN5. The highest BCUT2D eigenvalue weighted by atomic mass is 19.1. The Labute approximate surface area is 117 Å². The molecule has 2 aromatic rings. The van der Waals surface area contributed by atoms with Crippen molar-refractivity contribution in [2.75, 3.05) is 45.6 Å². The third kappa shape index (κ3) is 2.76. The SMILES string of the molecule is CN1CCN(C)C(CNc2nc3ccc(F)cc3[nH]2)C1. The molecule has 2 N–H and O–H groups in total. The van der Waals surface area contributed by atoms with Gasteiger partial charge in [0.1, 0.15) is 5.82 Å². The lowest BCUT2D eigenvalue weighted by molar-refractivity contribution is 0.121. The van der Waals surface area contributed by atoms with E-state index >= 15 is 0 Å². The zero-order valence-electron chi connectivity index (χ0n) is 11.9. The summed E-state index contributed by atoms with van der Waals surface area (Å²) in [5.41, 5.74) is 1.50. The Balaban J connectivity index is 1.67. The molecule has 0 spiro atoms. The van der Waals surface area contributed by atoms with Crippen LogP contribution >= 0.6 is 0 Å². The van der Waals surface area contributed by atoms with Crippen LogP contribution in [0.25, 0.3) is 11.0 Å². The smallest absolute Gasteiger partial charge is 0.201 e. The summed E-state index contributed by atoms with van der Waals surface area (Å²) in [5, 5.41) is 3.32. The molecule has 1 fully saturated rings. The van der Waals surface area contributed by atoms with E-state index in [1.807, 2.05) is 0 Å². The van der Waals surface area contributed by atoms with Gasteiger partial charge in [-0.25, -0.2) is 9.37 Å².